The van der Waals surface area contributed by atoms with Crippen molar-refractivity contribution in [2.75, 3.05) is 25.6 Å². The van der Waals surface area contributed by atoms with Gasteiger partial charge in [0.25, 0.3) is 0 Å². The molecule has 1 N–H and O–H groups in total. The fourth-order valence-electron chi connectivity index (χ4n) is 3.16. The van der Waals surface area contributed by atoms with Gasteiger partial charge in [-0.3, -0.25) is 0 Å². The lowest BCUT2D eigenvalue weighted by Crippen LogP contribution is -2.06. The average molecular weight is 285 g/mol. The quantitative estimate of drug-likeness (QED) is 0.942. The highest BCUT2D eigenvalue weighted by atomic mass is 16.5. The standard InChI is InChI=1S/C16H19N3O2/c1-20-12-6-4-11(5-7-12)19-16-13(8-9-17-16)15(18-19)14-3-2-10-21-14/h4-7,14,17H,2-3,8-10H2,1H3. The van der Waals surface area contributed by atoms with Gasteiger partial charge < -0.3 is 14.8 Å². The highest BCUT2D eigenvalue weighted by Crippen LogP contribution is 2.37. The summed E-state index contributed by atoms with van der Waals surface area (Å²) in [5, 5.41) is 8.28. The Kier molecular flexibility index (Phi) is 3.07. The zero-order valence-electron chi connectivity index (χ0n) is 12.1. The van der Waals surface area contributed by atoms with Crippen LogP contribution in [0.5, 0.6) is 5.75 Å². The number of aromatic nitrogens is 2. The molecule has 4 rings (SSSR count). The van der Waals surface area contributed by atoms with Crippen LogP contribution in [0, 0.1) is 0 Å². The molecule has 0 radical (unpaired) electrons. The summed E-state index contributed by atoms with van der Waals surface area (Å²) in [5.41, 5.74) is 3.48. The van der Waals surface area contributed by atoms with E-state index in [0.29, 0.717) is 0 Å². The molecule has 0 saturated carbocycles. The van der Waals surface area contributed by atoms with Crippen molar-refractivity contribution in [3.8, 4) is 11.4 Å². The molecule has 1 aromatic heterocycles. The van der Waals surface area contributed by atoms with Crippen LogP contribution in [0.15, 0.2) is 24.3 Å². The van der Waals surface area contributed by atoms with Crippen molar-refractivity contribution >= 4 is 5.82 Å². The lowest BCUT2D eigenvalue weighted by atomic mass is 10.1. The Morgan fingerprint density at radius 1 is 1.33 bits per heavy atom. The molecule has 110 valence electrons. The lowest BCUT2D eigenvalue weighted by Gasteiger charge is -2.08. The van der Waals surface area contributed by atoms with Gasteiger partial charge in [0.05, 0.1) is 18.5 Å². The summed E-state index contributed by atoms with van der Waals surface area (Å²) in [5.74, 6) is 1.97. The molecule has 1 aromatic carbocycles. The van der Waals surface area contributed by atoms with Gasteiger partial charge in [-0.25, -0.2) is 4.68 Å². The number of nitrogens with one attached hydrogen (secondary N) is 1. The molecule has 0 spiro atoms. The Morgan fingerprint density at radius 3 is 2.90 bits per heavy atom. The maximum atomic E-state index is 5.83. The smallest absolute Gasteiger partial charge is 0.133 e. The minimum absolute atomic E-state index is 0.165. The summed E-state index contributed by atoms with van der Waals surface area (Å²) in [6, 6.07) is 7.99. The van der Waals surface area contributed by atoms with Crippen molar-refractivity contribution in [1.82, 2.24) is 9.78 Å². The van der Waals surface area contributed by atoms with Crippen molar-refractivity contribution in [1.29, 1.82) is 0 Å². The first-order valence-electron chi connectivity index (χ1n) is 7.48. The Hall–Kier alpha value is -2.01. The predicted molar refractivity (Wildman–Crippen MR) is 80.2 cm³/mol. The molecule has 2 aliphatic rings. The van der Waals surface area contributed by atoms with E-state index in [1.807, 2.05) is 28.9 Å². The predicted octanol–water partition coefficient (Wildman–Crippen LogP) is 2.70. The second-order valence-corrected chi connectivity index (χ2v) is 5.50. The second kappa shape index (κ2) is 5.07. The number of hydrogen-bond acceptors (Lipinski definition) is 4. The van der Waals surface area contributed by atoms with Gasteiger partial charge in [0.2, 0.25) is 0 Å². The minimum Gasteiger partial charge on any atom is -0.497 e. The first-order chi connectivity index (χ1) is 10.4. The molecule has 5 nitrogen and oxygen atoms in total. The van der Waals surface area contributed by atoms with Crippen molar-refractivity contribution < 1.29 is 9.47 Å². The molecule has 1 fully saturated rings. The molecule has 0 amide bonds. The first kappa shape index (κ1) is 12.7. The van der Waals surface area contributed by atoms with Crippen LogP contribution in [0.1, 0.15) is 30.2 Å². The van der Waals surface area contributed by atoms with E-state index in [-0.39, 0.29) is 6.10 Å². The lowest BCUT2D eigenvalue weighted by molar-refractivity contribution is 0.107. The first-order valence-corrected chi connectivity index (χ1v) is 7.48. The molecule has 0 aliphatic carbocycles. The molecular weight excluding hydrogens is 266 g/mol. The monoisotopic (exact) mass is 285 g/mol. The van der Waals surface area contributed by atoms with Crippen LogP contribution in [-0.4, -0.2) is 30.0 Å². The number of ether oxygens (including phenoxy) is 2. The number of hydrogen-bond donors (Lipinski definition) is 1. The molecule has 3 heterocycles. The van der Waals surface area contributed by atoms with E-state index >= 15 is 0 Å². The van der Waals surface area contributed by atoms with Gasteiger partial charge in [-0.15, -0.1) is 0 Å². The van der Waals surface area contributed by atoms with E-state index in [1.165, 1.54) is 5.56 Å². The third-order valence-electron chi connectivity index (χ3n) is 4.23. The van der Waals surface area contributed by atoms with Crippen LogP contribution in [0.3, 0.4) is 0 Å². The van der Waals surface area contributed by atoms with E-state index in [1.54, 1.807) is 7.11 Å². The van der Waals surface area contributed by atoms with Gasteiger partial charge in [0.1, 0.15) is 17.7 Å². The van der Waals surface area contributed by atoms with Gasteiger partial charge in [-0.2, -0.15) is 5.10 Å². The highest BCUT2D eigenvalue weighted by Gasteiger charge is 2.30. The van der Waals surface area contributed by atoms with Crippen molar-refractivity contribution in [3.63, 3.8) is 0 Å². The Balaban J connectivity index is 1.76. The largest absolute Gasteiger partial charge is 0.497 e. The fourth-order valence-corrected chi connectivity index (χ4v) is 3.16. The summed E-state index contributed by atoms with van der Waals surface area (Å²) in [6.45, 7) is 1.82. The van der Waals surface area contributed by atoms with Gasteiger partial charge in [0, 0.05) is 18.7 Å². The van der Waals surface area contributed by atoms with E-state index in [0.717, 1.165) is 55.4 Å². The van der Waals surface area contributed by atoms with Crippen LogP contribution in [0.25, 0.3) is 5.69 Å². The molecule has 0 bridgehead atoms. The van der Waals surface area contributed by atoms with Crippen molar-refractivity contribution in [2.24, 2.45) is 0 Å². The molecule has 1 unspecified atom stereocenters. The third-order valence-corrected chi connectivity index (χ3v) is 4.23. The molecule has 1 atom stereocenters. The topological polar surface area (TPSA) is 48.3 Å². The van der Waals surface area contributed by atoms with E-state index in [2.05, 4.69) is 5.32 Å². The second-order valence-electron chi connectivity index (χ2n) is 5.50. The van der Waals surface area contributed by atoms with Crippen LogP contribution >= 0.6 is 0 Å². The maximum absolute atomic E-state index is 5.83. The number of anilines is 1. The van der Waals surface area contributed by atoms with Crippen LogP contribution in [-0.2, 0) is 11.2 Å². The Morgan fingerprint density at radius 2 is 2.19 bits per heavy atom. The molecule has 5 heteroatoms. The van der Waals surface area contributed by atoms with Crippen molar-refractivity contribution in [3.05, 3.63) is 35.5 Å². The van der Waals surface area contributed by atoms with Crippen LogP contribution < -0.4 is 10.1 Å². The molecule has 1 saturated heterocycles. The van der Waals surface area contributed by atoms with Gasteiger partial charge >= 0.3 is 0 Å². The van der Waals surface area contributed by atoms with Gasteiger partial charge in [0.15, 0.2) is 0 Å². The summed E-state index contributed by atoms with van der Waals surface area (Å²) in [6.07, 6.45) is 3.40. The van der Waals surface area contributed by atoms with Gasteiger partial charge in [-0.1, -0.05) is 0 Å². The molecular formula is C16H19N3O2. The molecule has 2 aliphatic heterocycles. The Bertz CT molecular complexity index is 642. The third kappa shape index (κ3) is 2.08. The van der Waals surface area contributed by atoms with E-state index in [9.17, 15) is 0 Å². The van der Waals surface area contributed by atoms with E-state index < -0.39 is 0 Å². The van der Waals surface area contributed by atoms with Gasteiger partial charge in [-0.05, 0) is 43.5 Å². The maximum Gasteiger partial charge on any atom is 0.133 e. The number of nitrogens with zero attached hydrogens (tertiary/aromatic N) is 2. The summed E-state index contributed by atoms with van der Waals surface area (Å²) in [7, 11) is 1.68. The highest BCUT2D eigenvalue weighted by molar-refractivity contribution is 5.57. The normalized spacial score (nSPS) is 20.3. The van der Waals surface area contributed by atoms with Crippen LogP contribution in [0.2, 0.25) is 0 Å². The number of benzene rings is 1. The number of methoxy groups -OCH3 is 1. The summed E-state index contributed by atoms with van der Waals surface area (Å²) in [4.78, 5) is 0. The number of fused-ring (bicyclic) bond motifs is 1. The zero-order chi connectivity index (χ0) is 14.2. The number of rotatable bonds is 3. The molecule has 2 aromatic rings. The molecule has 21 heavy (non-hydrogen) atoms. The summed E-state index contributed by atoms with van der Waals surface area (Å²) >= 11 is 0. The van der Waals surface area contributed by atoms with E-state index in [4.69, 9.17) is 14.6 Å². The van der Waals surface area contributed by atoms with Crippen LogP contribution in [0.4, 0.5) is 5.82 Å². The zero-order valence-corrected chi connectivity index (χ0v) is 12.1. The average Bonchev–Trinajstić information content (AvgIpc) is 3.24. The summed E-state index contributed by atoms with van der Waals surface area (Å²) < 4.78 is 13.0. The minimum atomic E-state index is 0.165. The SMILES string of the molecule is COc1ccc(-n2nc(C3CCCO3)c3c2NCC3)cc1. The Labute approximate surface area is 123 Å². The fraction of sp³-hybridized carbons (Fsp3) is 0.438. The van der Waals surface area contributed by atoms with Crippen molar-refractivity contribution in [2.45, 2.75) is 25.4 Å².